The molecular formula is C13H22O2Si. The Morgan fingerprint density at radius 1 is 1.25 bits per heavy atom. The molecule has 0 heterocycles. The summed E-state index contributed by atoms with van der Waals surface area (Å²) in [6.07, 6.45) is 2.34. The highest BCUT2D eigenvalue weighted by Gasteiger charge is 2.01. The van der Waals surface area contributed by atoms with Gasteiger partial charge in [-0.3, -0.25) is 0 Å². The maximum absolute atomic E-state index is 5.53. The molecule has 1 unspecified atom stereocenters. The van der Waals surface area contributed by atoms with E-state index in [4.69, 9.17) is 9.47 Å². The summed E-state index contributed by atoms with van der Waals surface area (Å²) in [5.74, 6) is 0.878. The topological polar surface area (TPSA) is 18.5 Å². The molecule has 0 fully saturated rings. The van der Waals surface area contributed by atoms with Gasteiger partial charge in [-0.05, 0) is 31.0 Å². The molecule has 0 N–H and O–H groups in total. The molecule has 0 saturated carbocycles. The number of rotatable bonds is 7. The van der Waals surface area contributed by atoms with Crippen LogP contribution in [0.2, 0.25) is 12.6 Å². The van der Waals surface area contributed by atoms with Gasteiger partial charge in [0.15, 0.2) is 6.29 Å². The minimum absolute atomic E-state index is 0.183. The Morgan fingerprint density at radius 3 is 2.50 bits per heavy atom. The van der Waals surface area contributed by atoms with Crippen LogP contribution in [0.15, 0.2) is 24.3 Å². The molecule has 0 saturated heterocycles. The van der Waals surface area contributed by atoms with Crippen LogP contribution in [0.4, 0.5) is 0 Å². The van der Waals surface area contributed by atoms with E-state index in [0.29, 0.717) is 0 Å². The van der Waals surface area contributed by atoms with E-state index >= 15 is 0 Å². The van der Waals surface area contributed by atoms with Crippen LogP contribution in [-0.2, 0) is 11.2 Å². The zero-order chi connectivity index (χ0) is 11.8. The molecule has 0 aliphatic carbocycles. The first-order valence-electron chi connectivity index (χ1n) is 6.04. The van der Waals surface area contributed by atoms with Gasteiger partial charge in [-0.2, -0.15) is 0 Å². The first kappa shape index (κ1) is 13.3. The maximum atomic E-state index is 5.53. The molecule has 3 heteroatoms. The average molecular weight is 238 g/mol. The third-order valence-corrected chi connectivity index (χ3v) is 3.83. The van der Waals surface area contributed by atoms with Crippen molar-refractivity contribution in [1.29, 1.82) is 0 Å². The fourth-order valence-electron chi connectivity index (χ4n) is 1.55. The Morgan fingerprint density at radius 2 is 1.94 bits per heavy atom. The van der Waals surface area contributed by atoms with Crippen molar-refractivity contribution in [2.24, 2.45) is 0 Å². The zero-order valence-electron chi connectivity index (χ0n) is 10.5. The molecule has 1 atom stereocenters. The highest BCUT2D eigenvalue weighted by molar-refractivity contribution is 6.33. The number of ether oxygens (including phenoxy) is 2. The van der Waals surface area contributed by atoms with Crippen LogP contribution in [-0.4, -0.2) is 22.9 Å². The number of hydrogen-bond donors (Lipinski definition) is 0. The second-order valence-corrected chi connectivity index (χ2v) is 5.73. The molecule has 0 bridgehead atoms. The normalized spacial score (nSPS) is 13.2. The van der Waals surface area contributed by atoms with Gasteiger partial charge >= 0.3 is 0 Å². The van der Waals surface area contributed by atoms with Gasteiger partial charge in [-0.1, -0.05) is 31.1 Å². The van der Waals surface area contributed by atoms with Gasteiger partial charge in [0.1, 0.15) is 5.75 Å². The predicted molar refractivity (Wildman–Crippen MR) is 71.1 cm³/mol. The van der Waals surface area contributed by atoms with Crippen LogP contribution in [0, 0.1) is 0 Å². The number of methoxy groups -OCH3 is 1. The molecule has 2 nitrogen and oxygen atoms in total. The van der Waals surface area contributed by atoms with E-state index in [-0.39, 0.29) is 15.8 Å². The number of hydrogen-bond acceptors (Lipinski definition) is 2. The second-order valence-electron chi connectivity index (χ2n) is 4.02. The third kappa shape index (κ3) is 4.81. The van der Waals surface area contributed by atoms with Crippen LogP contribution in [0.1, 0.15) is 18.9 Å². The molecule has 0 aliphatic rings. The van der Waals surface area contributed by atoms with Crippen molar-refractivity contribution in [2.45, 2.75) is 38.6 Å². The molecule has 0 aromatic heterocycles. The van der Waals surface area contributed by atoms with Crippen molar-refractivity contribution < 1.29 is 9.47 Å². The van der Waals surface area contributed by atoms with Crippen molar-refractivity contribution in [3.63, 3.8) is 0 Å². The monoisotopic (exact) mass is 238 g/mol. The summed E-state index contributed by atoms with van der Waals surface area (Å²) in [6.45, 7) is 4.25. The Hall–Kier alpha value is -0.803. The largest absolute Gasteiger partial charge is 0.465 e. The lowest BCUT2D eigenvalue weighted by molar-refractivity contribution is -0.0382. The molecule has 0 radical (unpaired) electrons. The van der Waals surface area contributed by atoms with Crippen LogP contribution in [0.5, 0.6) is 5.75 Å². The van der Waals surface area contributed by atoms with Crippen molar-refractivity contribution in [1.82, 2.24) is 0 Å². The van der Waals surface area contributed by atoms with Gasteiger partial charge in [-0.25, -0.2) is 0 Å². The molecule has 0 amide bonds. The number of aryl methyl sites for hydroxylation is 1. The van der Waals surface area contributed by atoms with Gasteiger partial charge in [-0.15, -0.1) is 0 Å². The third-order valence-electron chi connectivity index (χ3n) is 2.63. The lowest BCUT2D eigenvalue weighted by atomic mass is 10.1. The summed E-state index contributed by atoms with van der Waals surface area (Å²) in [5, 5.41) is 0. The van der Waals surface area contributed by atoms with E-state index in [1.165, 1.54) is 24.4 Å². The first-order chi connectivity index (χ1) is 7.76. The van der Waals surface area contributed by atoms with Gasteiger partial charge in [0.25, 0.3) is 0 Å². The summed E-state index contributed by atoms with van der Waals surface area (Å²) in [5.41, 5.74) is 1.40. The lowest BCUT2D eigenvalue weighted by Gasteiger charge is -2.12. The molecule has 16 heavy (non-hydrogen) atoms. The molecule has 1 aromatic carbocycles. The molecule has 0 spiro atoms. The average Bonchev–Trinajstić information content (AvgIpc) is 2.31. The minimum Gasteiger partial charge on any atom is -0.465 e. The van der Waals surface area contributed by atoms with E-state index in [1.807, 2.05) is 19.1 Å². The summed E-state index contributed by atoms with van der Waals surface area (Å²) >= 11 is 0. The molecule has 1 rings (SSSR count). The van der Waals surface area contributed by atoms with E-state index in [1.54, 1.807) is 7.11 Å². The smallest absolute Gasteiger partial charge is 0.196 e. The van der Waals surface area contributed by atoms with Crippen molar-refractivity contribution in [3.8, 4) is 5.75 Å². The van der Waals surface area contributed by atoms with Gasteiger partial charge in [0.2, 0.25) is 0 Å². The lowest BCUT2D eigenvalue weighted by Crippen LogP contribution is -2.13. The van der Waals surface area contributed by atoms with Gasteiger partial charge in [0.05, 0.1) is 0 Å². The number of benzene rings is 1. The van der Waals surface area contributed by atoms with Crippen LogP contribution in [0.3, 0.4) is 0 Å². The van der Waals surface area contributed by atoms with Gasteiger partial charge < -0.3 is 9.47 Å². The fraction of sp³-hybridized carbons (Fsp3) is 0.538. The second kappa shape index (κ2) is 7.47. The van der Waals surface area contributed by atoms with Crippen molar-refractivity contribution in [2.75, 3.05) is 7.11 Å². The molecule has 1 aromatic rings. The van der Waals surface area contributed by atoms with Gasteiger partial charge in [0, 0.05) is 16.6 Å². The molecular weight excluding hydrogens is 216 g/mol. The Kier molecular flexibility index (Phi) is 6.19. The standard InChI is InChI=1S/C13H22O2Si/c1-11(14-2)15-13-8-6-12(7-9-13)5-4-10-16-3/h6-9,11H,4-5,10,16H2,1-3H3. The SMILES string of the molecule is COC(C)Oc1ccc(CCC[SiH2]C)cc1. The quantitative estimate of drug-likeness (QED) is 0.413. The Labute approximate surface area is 101 Å². The van der Waals surface area contributed by atoms with E-state index in [2.05, 4.69) is 18.7 Å². The fourth-order valence-corrected chi connectivity index (χ4v) is 2.30. The van der Waals surface area contributed by atoms with E-state index < -0.39 is 0 Å². The predicted octanol–water partition coefficient (Wildman–Crippen LogP) is 2.63. The Bertz CT molecular complexity index is 284. The van der Waals surface area contributed by atoms with E-state index in [0.717, 1.165) is 5.75 Å². The zero-order valence-corrected chi connectivity index (χ0v) is 11.9. The summed E-state index contributed by atoms with van der Waals surface area (Å²) in [7, 11) is 1.88. The van der Waals surface area contributed by atoms with Crippen LogP contribution in [0.25, 0.3) is 0 Å². The molecule has 0 aliphatic heterocycles. The first-order valence-corrected chi connectivity index (χ1v) is 8.46. The van der Waals surface area contributed by atoms with Crippen molar-refractivity contribution >= 4 is 9.52 Å². The highest BCUT2D eigenvalue weighted by atomic mass is 28.2. The van der Waals surface area contributed by atoms with Crippen molar-refractivity contribution in [3.05, 3.63) is 29.8 Å². The summed E-state index contributed by atoms with van der Waals surface area (Å²) in [6, 6.07) is 9.78. The van der Waals surface area contributed by atoms with Crippen LogP contribution < -0.4 is 4.74 Å². The highest BCUT2D eigenvalue weighted by Crippen LogP contribution is 2.15. The Balaban J connectivity index is 2.41. The minimum atomic E-state index is -0.183. The van der Waals surface area contributed by atoms with Crippen LogP contribution >= 0.6 is 0 Å². The summed E-state index contributed by atoms with van der Waals surface area (Å²) < 4.78 is 10.6. The van der Waals surface area contributed by atoms with E-state index in [9.17, 15) is 0 Å². The maximum Gasteiger partial charge on any atom is 0.196 e. The molecule has 90 valence electrons. The summed E-state index contributed by atoms with van der Waals surface area (Å²) in [4.78, 5) is 0.